The zero-order valence-corrected chi connectivity index (χ0v) is 16.7. The summed E-state index contributed by atoms with van der Waals surface area (Å²) in [5, 5.41) is 21.0. The van der Waals surface area contributed by atoms with Crippen LogP contribution >= 0.6 is 0 Å². The number of anilines is 1. The Labute approximate surface area is 174 Å². The average molecular weight is 467 g/mol. The third-order valence-corrected chi connectivity index (χ3v) is 5.64. The number of nitrogens with zero attached hydrogens (tertiary/aromatic N) is 4. The molecule has 0 aliphatic carbocycles. The largest absolute Gasteiger partial charge is 0.744 e. The second-order valence-corrected chi connectivity index (χ2v) is 8.78. The summed E-state index contributed by atoms with van der Waals surface area (Å²) in [6, 6.07) is 6.83. The number of azo groups is 1. The van der Waals surface area contributed by atoms with Crippen LogP contribution in [0, 0.1) is 0 Å². The van der Waals surface area contributed by atoms with Crippen molar-refractivity contribution in [3.8, 4) is 0 Å². The number of aliphatic carboxylic acids is 1. The zero-order valence-electron chi connectivity index (χ0n) is 15.1. The van der Waals surface area contributed by atoms with Gasteiger partial charge in [-0.25, -0.2) is 13.2 Å². The molecule has 31 heavy (non-hydrogen) atoms. The summed E-state index contributed by atoms with van der Waals surface area (Å²) >= 11 is 0. The van der Waals surface area contributed by atoms with Crippen molar-refractivity contribution in [1.82, 2.24) is 0 Å². The molecule has 0 bridgehead atoms. The number of carboxylic acid groups (broad SMARTS) is 1. The first-order valence-electron chi connectivity index (χ1n) is 8.08. The fourth-order valence-electron chi connectivity index (χ4n) is 2.46. The standard InChI is InChI=1S/C16H12N4O9S2/c21-15-13(18-17-9-1-5-11(6-2-9)30(24,25)26)14(16(22)23)19-20(15)10-3-7-12(8-4-10)31(27,28)29/h1-8,13H,(H,22,23)(H,24,25,26)(H,27,28,29)/p-1. The predicted octanol–water partition coefficient (Wildman–Crippen LogP) is 0.777. The van der Waals surface area contributed by atoms with Crippen LogP contribution in [0.5, 0.6) is 0 Å². The smallest absolute Gasteiger partial charge is 0.355 e. The summed E-state index contributed by atoms with van der Waals surface area (Å²) in [5.41, 5.74) is -0.605. The first kappa shape index (κ1) is 22.2. The minimum atomic E-state index is -4.66. The van der Waals surface area contributed by atoms with E-state index >= 15 is 0 Å². The number of amides is 1. The number of rotatable bonds is 6. The zero-order chi connectivity index (χ0) is 23.0. The molecule has 1 aliphatic heterocycles. The van der Waals surface area contributed by atoms with E-state index in [1.807, 2.05) is 0 Å². The molecule has 2 N–H and O–H groups in total. The van der Waals surface area contributed by atoms with Crippen molar-refractivity contribution in [1.29, 1.82) is 0 Å². The van der Waals surface area contributed by atoms with Gasteiger partial charge in [0, 0.05) is 0 Å². The van der Waals surface area contributed by atoms with Gasteiger partial charge >= 0.3 is 5.97 Å². The van der Waals surface area contributed by atoms with E-state index in [9.17, 15) is 36.1 Å². The Kier molecular flexibility index (Phi) is 5.68. The molecule has 0 saturated heterocycles. The monoisotopic (exact) mass is 467 g/mol. The topological polar surface area (TPSA) is 206 Å². The van der Waals surface area contributed by atoms with Crippen molar-refractivity contribution >= 4 is 49.2 Å². The van der Waals surface area contributed by atoms with Gasteiger partial charge in [0.2, 0.25) is 6.04 Å². The Bertz CT molecular complexity index is 1320. The summed E-state index contributed by atoms with van der Waals surface area (Å²) in [6.07, 6.45) is 0. The summed E-state index contributed by atoms with van der Waals surface area (Å²) in [4.78, 5) is 23.1. The third-order valence-electron chi connectivity index (χ3n) is 3.92. The van der Waals surface area contributed by atoms with Gasteiger partial charge in [-0.05, 0) is 48.5 Å². The maximum Gasteiger partial charge on any atom is 0.355 e. The molecular weight excluding hydrogens is 456 g/mol. The fourth-order valence-corrected chi connectivity index (χ4v) is 3.41. The van der Waals surface area contributed by atoms with Crippen molar-refractivity contribution in [3.05, 3.63) is 48.5 Å². The Morgan fingerprint density at radius 1 is 1.00 bits per heavy atom. The van der Waals surface area contributed by atoms with Crippen LogP contribution in [0.15, 0.2) is 73.7 Å². The molecule has 1 aliphatic rings. The lowest BCUT2D eigenvalue weighted by atomic mass is 10.2. The van der Waals surface area contributed by atoms with Gasteiger partial charge < -0.3 is 9.66 Å². The van der Waals surface area contributed by atoms with Crippen molar-refractivity contribution in [2.75, 3.05) is 5.01 Å². The molecular formula is C16H11N4O9S2-. The summed E-state index contributed by atoms with van der Waals surface area (Å²) in [6.45, 7) is 0. The van der Waals surface area contributed by atoms with E-state index in [0.29, 0.717) is 5.01 Å². The molecule has 1 atom stereocenters. The fraction of sp³-hybridized carbons (Fsp3) is 0.0625. The highest BCUT2D eigenvalue weighted by Crippen LogP contribution is 2.25. The average Bonchev–Trinajstić information content (AvgIpc) is 3.02. The normalized spacial score (nSPS) is 17.2. The first-order valence-corrected chi connectivity index (χ1v) is 10.9. The minimum absolute atomic E-state index is 0.0128. The van der Waals surface area contributed by atoms with Gasteiger partial charge in [-0.2, -0.15) is 28.8 Å². The second kappa shape index (κ2) is 7.95. The second-order valence-electron chi connectivity index (χ2n) is 5.98. The molecule has 162 valence electrons. The molecule has 1 amide bonds. The van der Waals surface area contributed by atoms with Crippen LogP contribution in [0.1, 0.15) is 0 Å². The minimum Gasteiger partial charge on any atom is -0.744 e. The molecule has 0 fully saturated rings. The van der Waals surface area contributed by atoms with E-state index in [1.165, 1.54) is 0 Å². The Hall–Kier alpha value is -3.53. The van der Waals surface area contributed by atoms with Crippen LogP contribution < -0.4 is 5.01 Å². The number of hydrazone groups is 1. The molecule has 2 aromatic rings. The van der Waals surface area contributed by atoms with Crippen LogP contribution in [0.25, 0.3) is 0 Å². The summed E-state index contributed by atoms with van der Waals surface area (Å²) in [7, 11) is -9.13. The molecule has 1 unspecified atom stereocenters. The van der Waals surface area contributed by atoms with Crippen LogP contribution in [0.3, 0.4) is 0 Å². The Morgan fingerprint density at radius 3 is 2.03 bits per heavy atom. The lowest BCUT2D eigenvalue weighted by Crippen LogP contribution is -2.33. The van der Waals surface area contributed by atoms with Crippen molar-refractivity contribution in [2.24, 2.45) is 15.3 Å². The third kappa shape index (κ3) is 4.80. The van der Waals surface area contributed by atoms with Gasteiger partial charge in [-0.1, -0.05) is 0 Å². The molecule has 15 heteroatoms. The number of carbonyl (C=O) groups is 2. The SMILES string of the molecule is O=C(O)C1=NN(c2ccc(S(=O)(=O)O)cc2)C(=O)C1N=Nc1ccc(S(=O)(=O)[O-])cc1. The van der Waals surface area contributed by atoms with Crippen molar-refractivity contribution in [3.63, 3.8) is 0 Å². The van der Waals surface area contributed by atoms with Crippen LogP contribution in [-0.2, 0) is 29.8 Å². The molecule has 0 aromatic heterocycles. The van der Waals surface area contributed by atoms with Crippen molar-refractivity contribution < 1.29 is 40.6 Å². The molecule has 3 rings (SSSR count). The molecule has 2 aromatic carbocycles. The Balaban J connectivity index is 1.88. The van der Waals surface area contributed by atoms with Gasteiger partial charge in [0.25, 0.3) is 16.0 Å². The van der Waals surface area contributed by atoms with E-state index in [2.05, 4.69) is 15.3 Å². The highest BCUT2D eigenvalue weighted by atomic mass is 32.2. The van der Waals surface area contributed by atoms with E-state index in [4.69, 9.17) is 4.55 Å². The van der Waals surface area contributed by atoms with E-state index < -0.39 is 53.7 Å². The first-order chi connectivity index (χ1) is 14.4. The molecule has 0 radical (unpaired) electrons. The highest BCUT2D eigenvalue weighted by Gasteiger charge is 2.41. The van der Waals surface area contributed by atoms with Gasteiger partial charge in [-0.3, -0.25) is 9.35 Å². The van der Waals surface area contributed by atoms with E-state index in [0.717, 1.165) is 48.5 Å². The lowest BCUT2D eigenvalue weighted by molar-refractivity contribution is -0.130. The van der Waals surface area contributed by atoms with E-state index in [-0.39, 0.29) is 11.4 Å². The van der Waals surface area contributed by atoms with Gasteiger partial charge in [0.1, 0.15) is 10.1 Å². The predicted molar refractivity (Wildman–Crippen MR) is 102 cm³/mol. The van der Waals surface area contributed by atoms with Crippen molar-refractivity contribution in [2.45, 2.75) is 15.8 Å². The van der Waals surface area contributed by atoms with Gasteiger partial charge in [-0.15, -0.1) is 0 Å². The molecule has 1 heterocycles. The van der Waals surface area contributed by atoms with Gasteiger partial charge in [0.15, 0.2) is 5.71 Å². The lowest BCUT2D eigenvalue weighted by Gasteiger charge is -2.12. The summed E-state index contributed by atoms with van der Waals surface area (Å²) < 4.78 is 64.0. The quantitative estimate of drug-likeness (QED) is 0.454. The number of hydrogen-bond donors (Lipinski definition) is 2. The number of benzene rings is 2. The summed E-state index contributed by atoms with van der Waals surface area (Å²) in [5.74, 6) is -2.46. The highest BCUT2D eigenvalue weighted by molar-refractivity contribution is 7.86. The number of carboxylic acids is 1. The molecule has 0 saturated carbocycles. The van der Waals surface area contributed by atoms with Crippen LogP contribution in [0.4, 0.5) is 11.4 Å². The molecule has 13 nitrogen and oxygen atoms in total. The maximum atomic E-state index is 12.6. The van der Waals surface area contributed by atoms with Gasteiger partial charge in [0.05, 0.1) is 21.2 Å². The van der Waals surface area contributed by atoms with Crippen LogP contribution in [-0.4, -0.2) is 54.7 Å². The Morgan fingerprint density at radius 2 is 1.55 bits per heavy atom. The number of carbonyl (C=O) groups excluding carboxylic acids is 1. The number of hydrogen-bond acceptors (Lipinski definition) is 10. The molecule has 0 spiro atoms. The van der Waals surface area contributed by atoms with Crippen LogP contribution in [0.2, 0.25) is 0 Å². The van der Waals surface area contributed by atoms with E-state index in [1.54, 1.807) is 0 Å². The maximum absolute atomic E-state index is 12.6.